The van der Waals surface area contributed by atoms with Crippen LogP contribution >= 0.6 is 0 Å². The third-order valence-electron chi connectivity index (χ3n) is 2.89. The lowest BCUT2D eigenvalue weighted by molar-refractivity contribution is 0.305. The zero-order valence-corrected chi connectivity index (χ0v) is 12.4. The molecule has 0 aromatic carbocycles. The van der Waals surface area contributed by atoms with Gasteiger partial charge in [-0.25, -0.2) is 4.98 Å². The number of aryl methyl sites for hydroxylation is 3. The molecular formula is C14H20N4O2. The first-order valence-electron chi connectivity index (χ1n) is 6.74. The Bertz CT molecular complexity index is 561. The number of nitrogens with one attached hydrogen (secondary N) is 1. The minimum Gasteiger partial charge on any atom is -0.478 e. The molecule has 0 amide bonds. The standard InChI is InChI=1S/C14H20N4O2/c1-5-6-19-13-7-9(2)16-14(17-13)15-8-12-10(3)18-20-11(12)4/h7H,5-6,8H2,1-4H3,(H,15,16,17). The Balaban J connectivity index is 2.07. The van der Waals surface area contributed by atoms with E-state index in [9.17, 15) is 0 Å². The Morgan fingerprint density at radius 3 is 2.70 bits per heavy atom. The molecule has 0 spiro atoms. The van der Waals surface area contributed by atoms with Crippen LogP contribution in [-0.4, -0.2) is 21.7 Å². The number of ether oxygens (including phenoxy) is 1. The van der Waals surface area contributed by atoms with E-state index in [1.54, 1.807) is 0 Å². The van der Waals surface area contributed by atoms with E-state index in [2.05, 4.69) is 27.4 Å². The average molecular weight is 276 g/mol. The van der Waals surface area contributed by atoms with Crippen LogP contribution < -0.4 is 10.1 Å². The van der Waals surface area contributed by atoms with Crippen LogP contribution in [0, 0.1) is 20.8 Å². The molecule has 6 heteroatoms. The molecule has 20 heavy (non-hydrogen) atoms. The van der Waals surface area contributed by atoms with Crippen LogP contribution in [0.15, 0.2) is 10.6 Å². The number of nitrogens with zero attached hydrogens (tertiary/aromatic N) is 3. The van der Waals surface area contributed by atoms with E-state index in [0.717, 1.165) is 29.1 Å². The minimum absolute atomic E-state index is 0.552. The van der Waals surface area contributed by atoms with Gasteiger partial charge in [-0.15, -0.1) is 0 Å². The molecule has 108 valence electrons. The number of aromatic nitrogens is 3. The van der Waals surface area contributed by atoms with Crippen LogP contribution in [0.5, 0.6) is 5.88 Å². The van der Waals surface area contributed by atoms with Crippen molar-refractivity contribution >= 4 is 5.95 Å². The highest BCUT2D eigenvalue weighted by molar-refractivity contribution is 5.33. The molecule has 0 aliphatic heterocycles. The summed E-state index contributed by atoms with van der Waals surface area (Å²) in [6, 6.07) is 1.83. The molecular weight excluding hydrogens is 256 g/mol. The van der Waals surface area contributed by atoms with Gasteiger partial charge in [0, 0.05) is 23.9 Å². The van der Waals surface area contributed by atoms with Gasteiger partial charge in [0.1, 0.15) is 5.76 Å². The number of hydrogen-bond donors (Lipinski definition) is 1. The van der Waals surface area contributed by atoms with E-state index in [1.807, 2.05) is 26.8 Å². The number of rotatable bonds is 6. The molecule has 0 aliphatic rings. The molecule has 2 heterocycles. The molecule has 0 atom stereocenters. The first kappa shape index (κ1) is 14.3. The maximum atomic E-state index is 5.54. The molecule has 1 N–H and O–H groups in total. The smallest absolute Gasteiger partial charge is 0.226 e. The summed E-state index contributed by atoms with van der Waals surface area (Å²) in [5.41, 5.74) is 2.78. The van der Waals surface area contributed by atoms with Gasteiger partial charge in [-0.1, -0.05) is 12.1 Å². The molecule has 2 rings (SSSR count). The quantitative estimate of drug-likeness (QED) is 0.874. The van der Waals surface area contributed by atoms with Crippen molar-refractivity contribution in [3.63, 3.8) is 0 Å². The largest absolute Gasteiger partial charge is 0.478 e. The molecule has 6 nitrogen and oxygen atoms in total. The van der Waals surface area contributed by atoms with Crippen molar-refractivity contribution in [1.82, 2.24) is 15.1 Å². The summed E-state index contributed by atoms with van der Waals surface area (Å²) < 4.78 is 10.7. The minimum atomic E-state index is 0.552. The van der Waals surface area contributed by atoms with Gasteiger partial charge < -0.3 is 14.6 Å². The highest BCUT2D eigenvalue weighted by Gasteiger charge is 2.10. The third kappa shape index (κ3) is 3.46. The fraction of sp³-hybridized carbons (Fsp3) is 0.500. The zero-order valence-electron chi connectivity index (χ0n) is 12.4. The first-order valence-corrected chi connectivity index (χ1v) is 6.74. The second-order valence-corrected chi connectivity index (χ2v) is 4.68. The number of anilines is 1. The SMILES string of the molecule is CCCOc1cc(C)nc(NCc2c(C)noc2C)n1. The molecule has 0 radical (unpaired) electrons. The van der Waals surface area contributed by atoms with E-state index in [4.69, 9.17) is 9.26 Å². The van der Waals surface area contributed by atoms with Crippen molar-refractivity contribution in [2.24, 2.45) is 0 Å². The normalized spacial score (nSPS) is 10.6. The van der Waals surface area contributed by atoms with Gasteiger partial charge in [0.05, 0.1) is 12.3 Å². The first-order chi connectivity index (χ1) is 9.60. The monoisotopic (exact) mass is 276 g/mol. The summed E-state index contributed by atoms with van der Waals surface area (Å²) in [5.74, 6) is 1.96. The molecule has 0 fully saturated rings. The lowest BCUT2D eigenvalue weighted by Gasteiger charge is -2.08. The van der Waals surface area contributed by atoms with Crippen molar-refractivity contribution in [2.75, 3.05) is 11.9 Å². The topological polar surface area (TPSA) is 73.1 Å². The van der Waals surface area contributed by atoms with Crippen molar-refractivity contribution in [2.45, 2.75) is 40.7 Å². The fourth-order valence-corrected chi connectivity index (χ4v) is 1.82. The summed E-state index contributed by atoms with van der Waals surface area (Å²) in [6.07, 6.45) is 0.949. The summed E-state index contributed by atoms with van der Waals surface area (Å²) in [4.78, 5) is 8.68. The Kier molecular flexibility index (Phi) is 4.55. The van der Waals surface area contributed by atoms with Crippen molar-refractivity contribution in [3.05, 3.63) is 28.8 Å². The molecule has 2 aromatic rings. The van der Waals surface area contributed by atoms with Crippen molar-refractivity contribution in [1.29, 1.82) is 0 Å². The zero-order chi connectivity index (χ0) is 14.5. The van der Waals surface area contributed by atoms with Gasteiger partial charge in [-0.05, 0) is 27.2 Å². The third-order valence-corrected chi connectivity index (χ3v) is 2.89. The van der Waals surface area contributed by atoms with E-state index in [0.29, 0.717) is 25.0 Å². The predicted octanol–water partition coefficient (Wildman–Crippen LogP) is 2.79. The Labute approximate surface area is 118 Å². The van der Waals surface area contributed by atoms with E-state index < -0.39 is 0 Å². The summed E-state index contributed by atoms with van der Waals surface area (Å²) >= 11 is 0. The van der Waals surface area contributed by atoms with Crippen molar-refractivity contribution < 1.29 is 9.26 Å². The molecule has 0 unspecified atom stereocenters. The van der Waals surface area contributed by atoms with Gasteiger partial charge in [-0.2, -0.15) is 4.98 Å². The summed E-state index contributed by atoms with van der Waals surface area (Å²) in [5, 5.41) is 7.11. The maximum Gasteiger partial charge on any atom is 0.226 e. The van der Waals surface area contributed by atoms with E-state index >= 15 is 0 Å². The Morgan fingerprint density at radius 1 is 1.25 bits per heavy atom. The second kappa shape index (κ2) is 6.36. The van der Waals surface area contributed by atoms with Gasteiger partial charge in [0.25, 0.3) is 0 Å². The Morgan fingerprint density at radius 2 is 2.05 bits per heavy atom. The molecule has 0 bridgehead atoms. The average Bonchev–Trinajstić information content (AvgIpc) is 2.73. The lowest BCUT2D eigenvalue weighted by atomic mass is 10.2. The van der Waals surface area contributed by atoms with Crippen LogP contribution in [0.25, 0.3) is 0 Å². The van der Waals surface area contributed by atoms with E-state index in [1.165, 1.54) is 0 Å². The fourth-order valence-electron chi connectivity index (χ4n) is 1.82. The molecule has 2 aromatic heterocycles. The second-order valence-electron chi connectivity index (χ2n) is 4.68. The highest BCUT2D eigenvalue weighted by atomic mass is 16.5. The molecule has 0 aliphatic carbocycles. The summed E-state index contributed by atoms with van der Waals surface area (Å²) in [6.45, 7) is 9.02. The van der Waals surface area contributed by atoms with Gasteiger partial charge in [0.2, 0.25) is 11.8 Å². The Hall–Kier alpha value is -2.11. The summed E-state index contributed by atoms with van der Waals surface area (Å²) in [7, 11) is 0. The highest BCUT2D eigenvalue weighted by Crippen LogP contribution is 2.16. The lowest BCUT2D eigenvalue weighted by Crippen LogP contribution is -2.07. The van der Waals surface area contributed by atoms with E-state index in [-0.39, 0.29) is 0 Å². The molecule has 0 saturated carbocycles. The molecule has 0 saturated heterocycles. The maximum absolute atomic E-state index is 5.54. The predicted molar refractivity (Wildman–Crippen MR) is 75.9 cm³/mol. The number of hydrogen-bond acceptors (Lipinski definition) is 6. The van der Waals surface area contributed by atoms with Gasteiger partial charge in [0.15, 0.2) is 0 Å². The van der Waals surface area contributed by atoms with Crippen LogP contribution in [0.3, 0.4) is 0 Å². The van der Waals surface area contributed by atoms with Crippen LogP contribution in [0.2, 0.25) is 0 Å². The van der Waals surface area contributed by atoms with Gasteiger partial charge in [-0.3, -0.25) is 0 Å². The van der Waals surface area contributed by atoms with Crippen LogP contribution in [-0.2, 0) is 6.54 Å². The van der Waals surface area contributed by atoms with Crippen LogP contribution in [0.4, 0.5) is 5.95 Å². The van der Waals surface area contributed by atoms with Crippen molar-refractivity contribution in [3.8, 4) is 5.88 Å². The van der Waals surface area contributed by atoms with Crippen LogP contribution in [0.1, 0.15) is 36.1 Å². The van der Waals surface area contributed by atoms with Gasteiger partial charge >= 0.3 is 0 Å².